The van der Waals surface area contributed by atoms with Crippen LogP contribution in [0.2, 0.25) is 20.1 Å². The molecule has 0 amide bonds. The van der Waals surface area contributed by atoms with Crippen LogP contribution in [-0.4, -0.2) is 91.5 Å². The quantitative estimate of drug-likeness (QED) is 0.0359. The lowest BCUT2D eigenvalue weighted by molar-refractivity contribution is -0.120. The lowest BCUT2D eigenvalue weighted by Gasteiger charge is -2.13. The van der Waals surface area contributed by atoms with Gasteiger partial charge in [0.25, 0.3) is 0 Å². The highest BCUT2D eigenvalue weighted by atomic mass is 35.5. The lowest BCUT2D eigenvalue weighted by Crippen LogP contribution is -2.13. The van der Waals surface area contributed by atoms with E-state index in [2.05, 4.69) is 25.1 Å². The normalized spacial score (nSPS) is 12.0. The van der Waals surface area contributed by atoms with Crippen molar-refractivity contribution in [2.45, 2.75) is 137 Å². The number of carbonyl (C=O) groups excluding carboxylic acids is 5. The van der Waals surface area contributed by atoms with Crippen molar-refractivity contribution in [2.75, 3.05) is 7.11 Å². The molecule has 0 fully saturated rings. The third-order valence-corrected chi connectivity index (χ3v) is 20.2. The molecule has 0 spiro atoms. The van der Waals surface area contributed by atoms with Gasteiger partial charge < -0.3 is 14.9 Å². The molecule has 12 rings (SSSR count). The van der Waals surface area contributed by atoms with Crippen molar-refractivity contribution in [3.8, 4) is 28.8 Å². The largest absolute Gasteiger partial charge is 0.478 e. The Morgan fingerprint density at radius 1 is 0.409 bits per heavy atom. The molecule has 0 aliphatic heterocycles. The van der Waals surface area contributed by atoms with Crippen molar-refractivity contribution < 1.29 is 61.3 Å². The predicted octanol–water partition coefficient (Wildman–Crippen LogP) is 20.0. The number of aliphatic hydroxyl groups is 1. The topological polar surface area (TPSA) is 247 Å². The van der Waals surface area contributed by atoms with E-state index in [0.29, 0.717) is 80.9 Å². The van der Waals surface area contributed by atoms with Crippen molar-refractivity contribution in [3.05, 3.63) is 328 Å². The number of carbonyl (C=O) groups is 6. The second-order valence-corrected chi connectivity index (χ2v) is 29.3. The van der Waals surface area contributed by atoms with Gasteiger partial charge in [0.1, 0.15) is 52.5 Å². The Morgan fingerprint density at radius 2 is 0.696 bits per heavy atom. The fourth-order valence-corrected chi connectivity index (χ4v) is 13.5. The zero-order valence-electron chi connectivity index (χ0n) is 64.4. The summed E-state index contributed by atoms with van der Waals surface area (Å²) in [4.78, 5) is 73.2. The molecular formula is C89H83Cl4F4N9O9. The number of aryl methyl sites for hydroxylation is 8. The number of rotatable bonds is 27. The fraction of sp³-hybridized carbons (Fsp3) is 0.247. The zero-order chi connectivity index (χ0) is 83.5. The van der Waals surface area contributed by atoms with Crippen LogP contribution in [0.5, 0.6) is 0 Å². The first-order valence-electron chi connectivity index (χ1n) is 36.7. The molecule has 115 heavy (non-hydrogen) atoms. The molecule has 12 aromatic rings. The minimum Gasteiger partial charge on any atom is -0.478 e. The number of carboxylic acid groups (broad SMARTS) is 1. The molecule has 18 nitrogen and oxygen atoms in total. The molecule has 0 bridgehead atoms. The summed E-state index contributed by atoms with van der Waals surface area (Å²) < 4.78 is 67.6. The molecule has 4 atom stereocenters. The van der Waals surface area contributed by atoms with Gasteiger partial charge in [0.05, 0.1) is 75.9 Å². The maximum atomic E-state index is 14.2. The van der Waals surface area contributed by atoms with E-state index in [1.165, 1.54) is 55.6 Å². The van der Waals surface area contributed by atoms with E-state index in [1.54, 1.807) is 101 Å². The van der Waals surface area contributed by atoms with Gasteiger partial charge in [-0.25, -0.2) is 45.9 Å². The summed E-state index contributed by atoms with van der Waals surface area (Å²) in [5.41, 5.74) is 12.1. The number of aromatic carboxylic acids is 1. The third kappa shape index (κ3) is 23.4. The molecule has 8 aromatic carbocycles. The van der Waals surface area contributed by atoms with Crippen molar-refractivity contribution in [3.63, 3.8) is 0 Å². The molecule has 4 heterocycles. The van der Waals surface area contributed by atoms with Crippen LogP contribution in [0.1, 0.15) is 177 Å². The van der Waals surface area contributed by atoms with Crippen LogP contribution in [0.4, 0.5) is 17.6 Å². The number of ketones is 4. The van der Waals surface area contributed by atoms with Crippen LogP contribution in [-0.2, 0) is 56.2 Å². The van der Waals surface area contributed by atoms with Gasteiger partial charge in [-0.05, 0) is 215 Å². The van der Waals surface area contributed by atoms with Crippen LogP contribution in [0, 0.1) is 62.3 Å². The van der Waals surface area contributed by atoms with Crippen LogP contribution in [0.3, 0.4) is 0 Å². The van der Waals surface area contributed by atoms with Crippen LogP contribution in [0.25, 0.3) is 22.7 Å². The number of carboxylic acids is 1. The van der Waals surface area contributed by atoms with E-state index in [4.69, 9.17) is 61.9 Å². The van der Waals surface area contributed by atoms with Gasteiger partial charge in [-0.2, -0.15) is 25.7 Å². The highest BCUT2D eigenvalue weighted by molar-refractivity contribution is 6.31. The average molecular weight is 1640 g/mol. The molecule has 0 radical (unpaired) electrons. The van der Waals surface area contributed by atoms with Crippen molar-refractivity contribution in [2.24, 2.45) is 0 Å². The first kappa shape index (κ1) is 87.5. The third-order valence-electron chi connectivity index (χ3n) is 19.3. The Labute approximate surface area is 683 Å². The molecule has 4 unspecified atom stereocenters. The molecule has 594 valence electrons. The Hall–Kier alpha value is -11.5. The predicted molar refractivity (Wildman–Crippen MR) is 435 cm³/mol. The van der Waals surface area contributed by atoms with E-state index in [9.17, 15) is 46.3 Å². The summed E-state index contributed by atoms with van der Waals surface area (Å²) in [7, 11) is 1.19. The standard InChI is InChI=1S/C23H22ClFN2O3.C22H19ClFN3O.C22H20ClFN2O3.C22H22ClFN2O2/c1-14-11-19(27(26-14)18-6-4-5-17(24)13-18)8-10-22(28)15(2)16-7-9-20(21(25)12-16)23(29)30-3;1-14-10-20(27(26-14)19-5-3-4-18(23)12-19)8-9-22(28)15(2)16-6-7-17(13-25)21(24)11-16;1-13-10-18(26(25-13)17-5-3-4-16(23)12-17)7-9-21(27)14(2)15-6-8-19(22(28)29)20(24)11-15;1-14-10-20(26(25-14)19-5-3-4-18(23)12-19)8-9-22(28)15(2)16-6-7-17(13-27)21(24)11-16/h4-7,9,11-13,15H,8,10H2,1-3H3;3-7,10-12,15H,8-9H2,1-2H3;3-6,8,10-12,14H,7,9H2,1-2H3,(H,28,29);3-7,10-12,15,27H,8-9,13H2,1-2H3. The molecule has 0 saturated heterocycles. The number of hydrogen-bond acceptors (Lipinski definition) is 13. The number of aromatic nitrogens is 8. The highest BCUT2D eigenvalue weighted by Gasteiger charge is 2.25. The molecule has 0 saturated carbocycles. The van der Waals surface area contributed by atoms with Gasteiger partial charge in [-0.1, -0.05) is 129 Å². The maximum absolute atomic E-state index is 14.2. The highest BCUT2D eigenvalue weighted by Crippen LogP contribution is 2.30. The number of nitrogens with zero attached hydrogens (tertiary/aromatic N) is 9. The molecule has 0 aliphatic rings. The first-order valence-corrected chi connectivity index (χ1v) is 38.2. The monoisotopic (exact) mass is 1640 g/mol. The summed E-state index contributed by atoms with van der Waals surface area (Å²) in [6.45, 7) is 14.2. The summed E-state index contributed by atoms with van der Waals surface area (Å²) in [6.07, 6.45) is 3.11. The minimum absolute atomic E-state index is 0.000560. The molecule has 4 aromatic heterocycles. The number of Topliss-reactive ketones (excluding diaryl/α,β-unsaturated/α-hetero) is 4. The fourth-order valence-electron chi connectivity index (χ4n) is 12.8. The molecule has 2 N–H and O–H groups in total. The van der Waals surface area contributed by atoms with Gasteiger partial charge in [-0.15, -0.1) is 0 Å². The van der Waals surface area contributed by atoms with Gasteiger partial charge >= 0.3 is 11.9 Å². The van der Waals surface area contributed by atoms with E-state index in [-0.39, 0.29) is 59.3 Å². The number of halogens is 8. The summed E-state index contributed by atoms with van der Waals surface area (Å²) >= 11 is 24.3. The van der Waals surface area contributed by atoms with Gasteiger partial charge in [0.15, 0.2) is 0 Å². The van der Waals surface area contributed by atoms with Crippen molar-refractivity contribution >= 4 is 81.5 Å². The number of hydrogen-bond donors (Lipinski definition) is 2. The molecule has 0 aliphatic carbocycles. The number of nitriles is 1. The van der Waals surface area contributed by atoms with Crippen LogP contribution < -0.4 is 0 Å². The lowest BCUT2D eigenvalue weighted by atomic mass is 9.92. The van der Waals surface area contributed by atoms with Gasteiger partial charge in [0.2, 0.25) is 0 Å². The van der Waals surface area contributed by atoms with Crippen LogP contribution >= 0.6 is 46.4 Å². The Bertz CT molecular complexity index is 5590. The van der Waals surface area contributed by atoms with Gasteiger partial charge in [-0.3, -0.25) is 19.2 Å². The maximum Gasteiger partial charge on any atom is 0.340 e. The first-order chi connectivity index (χ1) is 54.8. The van der Waals surface area contributed by atoms with Crippen molar-refractivity contribution in [1.29, 1.82) is 5.26 Å². The Balaban J connectivity index is 0.000000175. The number of ether oxygens (including phenoxy) is 1. The molecule has 26 heteroatoms. The van der Waals surface area contributed by atoms with E-state index in [0.717, 1.165) is 74.4 Å². The van der Waals surface area contributed by atoms with E-state index < -0.39 is 64.4 Å². The second kappa shape index (κ2) is 40.5. The van der Waals surface area contributed by atoms with E-state index in [1.807, 2.05) is 119 Å². The van der Waals surface area contributed by atoms with E-state index >= 15 is 0 Å². The smallest absolute Gasteiger partial charge is 0.340 e. The Morgan fingerprint density at radius 3 is 0.957 bits per heavy atom. The second-order valence-electron chi connectivity index (χ2n) is 27.6. The SMILES string of the molecule is COC(=O)c1ccc(C(C)C(=O)CCc2cc(C)nn2-c2cccc(Cl)c2)cc1F.Cc1cc(CCC(=O)C(C)c2ccc(C#N)c(F)c2)n(-c2cccc(Cl)c2)n1.Cc1cc(CCC(=O)C(C)c2ccc(C(=O)O)c(F)c2)n(-c2cccc(Cl)c2)n1.Cc1cc(CCC(=O)C(C)c2ccc(CO)c(F)c2)n(-c2cccc(Cl)c2)n1. The number of aliphatic hydroxyl groups excluding tert-OH is 1. The number of esters is 1. The summed E-state index contributed by atoms with van der Waals surface area (Å²) in [5.74, 6) is -6.72. The van der Waals surface area contributed by atoms with Gasteiger partial charge in [0, 0.05) is 97.8 Å². The molecular weight excluding hydrogens is 1560 g/mol. The minimum atomic E-state index is -1.34. The summed E-state index contributed by atoms with van der Waals surface area (Å²) in [5, 5.41) is 47.3. The number of benzene rings is 8. The Kier molecular flexibility index (Phi) is 30.8. The zero-order valence-corrected chi connectivity index (χ0v) is 67.5. The summed E-state index contributed by atoms with van der Waals surface area (Å²) in [6, 6.07) is 55.7. The average Bonchev–Trinajstić information content (AvgIpc) is 1.82. The number of methoxy groups -OCH3 is 1. The van der Waals surface area contributed by atoms with Crippen molar-refractivity contribution in [1.82, 2.24) is 39.1 Å². The van der Waals surface area contributed by atoms with Crippen LogP contribution in [0.15, 0.2) is 194 Å².